The van der Waals surface area contributed by atoms with Crippen molar-refractivity contribution < 1.29 is 4.79 Å². The van der Waals surface area contributed by atoms with Gasteiger partial charge in [-0.25, -0.2) is 4.79 Å². The summed E-state index contributed by atoms with van der Waals surface area (Å²) in [5.41, 5.74) is 7.87. The summed E-state index contributed by atoms with van der Waals surface area (Å²) in [4.78, 5) is 13.6. The van der Waals surface area contributed by atoms with Crippen molar-refractivity contribution in [3.05, 3.63) is 59.1 Å². The van der Waals surface area contributed by atoms with Crippen LogP contribution >= 0.6 is 11.6 Å². The average molecular weight is 290 g/mol. The van der Waals surface area contributed by atoms with Gasteiger partial charge >= 0.3 is 6.03 Å². The maximum absolute atomic E-state index is 12.1. The Morgan fingerprint density at radius 1 is 1.20 bits per heavy atom. The summed E-state index contributed by atoms with van der Waals surface area (Å²) in [6.45, 7) is 0.445. The van der Waals surface area contributed by atoms with Crippen molar-refractivity contribution in [2.24, 2.45) is 0 Å². The number of nitrogens with one attached hydrogen (secondary N) is 1. The zero-order chi connectivity index (χ0) is 14.5. The van der Waals surface area contributed by atoms with E-state index in [-0.39, 0.29) is 6.03 Å². The van der Waals surface area contributed by atoms with Gasteiger partial charge in [0.15, 0.2) is 0 Å². The zero-order valence-corrected chi connectivity index (χ0v) is 11.9. The third-order valence-corrected chi connectivity index (χ3v) is 3.24. The minimum Gasteiger partial charge on any atom is -0.399 e. The van der Waals surface area contributed by atoms with E-state index in [1.165, 1.54) is 0 Å². The smallest absolute Gasteiger partial charge is 0.321 e. The normalized spacial score (nSPS) is 10.1. The summed E-state index contributed by atoms with van der Waals surface area (Å²) >= 11 is 6.08. The number of urea groups is 1. The first-order valence-electron chi connectivity index (χ1n) is 6.17. The van der Waals surface area contributed by atoms with Gasteiger partial charge < -0.3 is 16.0 Å². The van der Waals surface area contributed by atoms with E-state index in [1.54, 1.807) is 36.2 Å². The van der Waals surface area contributed by atoms with E-state index >= 15 is 0 Å². The van der Waals surface area contributed by atoms with E-state index in [0.717, 1.165) is 5.56 Å². The van der Waals surface area contributed by atoms with Crippen LogP contribution in [-0.2, 0) is 6.54 Å². The predicted octanol–water partition coefficient (Wildman–Crippen LogP) is 3.59. The first kappa shape index (κ1) is 14.2. The molecule has 5 heteroatoms. The van der Waals surface area contributed by atoms with Gasteiger partial charge in [-0.3, -0.25) is 0 Å². The van der Waals surface area contributed by atoms with Gasteiger partial charge in [-0.05, 0) is 35.9 Å². The Balaban J connectivity index is 1.99. The van der Waals surface area contributed by atoms with Crippen LogP contribution in [0.4, 0.5) is 16.2 Å². The second-order valence-corrected chi connectivity index (χ2v) is 4.91. The summed E-state index contributed by atoms with van der Waals surface area (Å²) in [5.74, 6) is 0. The molecule has 2 amide bonds. The number of nitrogens with two attached hydrogens (primary N) is 1. The molecule has 2 aromatic rings. The molecule has 0 bridgehead atoms. The highest BCUT2D eigenvalue weighted by atomic mass is 35.5. The topological polar surface area (TPSA) is 58.4 Å². The summed E-state index contributed by atoms with van der Waals surface area (Å²) in [6, 6.07) is 14.3. The van der Waals surface area contributed by atoms with Crippen molar-refractivity contribution in [2.45, 2.75) is 6.54 Å². The largest absolute Gasteiger partial charge is 0.399 e. The lowest BCUT2D eigenvalue weighted by Crippen LogP contribution is -2.30. The fraction of sp³-hybridized carbons (Fsp3) is 0.133. The Hall–Kier alpha value is -2.20. The fourth-order valence-electron chi connectivity index (χ4n) is 1.74. The van der Waals surface area contributed by atoms with Crippen molar-refractivity contribution in [1.82, 2.24) is 4.90 Å². The molecule has 2 rings (SSSR count). The maximum atomic E-state index is 12.1. The lowest BCUT2D eigenvalue weighted by molar-refractivity contribution is 0.220. The quantitative estimate of drug-likeness (QED) is 0.849. The van der Waals surface area contributed by atoms with Gasteiger partial charge in [-0.15, -0.1) is 0 Å². The molecule has 0 aliphatic heterocycles. The molecule has 4 nitrogen and oxygen atoms in total. The summed E-state index contributed by atoms with van der Waals surface area (Å²) in [6.07, 6.45) is 0. The molecule has 0 saturated heterocycles. The fourth-order valence-corrected chi connectivity index (χ4v) is 1.93. The molecule has 0 atom stereocenters. The van der Waals surface area contributed by atoms with Crippen LogP contribution in [-0.4, -0.2) is 18.0 Å². The number of anilines is 2. The van der Waals surface area contributed by atoms with Crippen LogP contribution in [0.15, 0.2) is 48.5 Å². The molecule has 0 aliphatic carbocycles. The molecule has 0 fully saturated rings. The van der Waals surface area contributed by atoms with E-state index in [9.17, 15) is 4.79 Å². The molecule has 3 N–H and O–H groups in total. The summed E-state index contributed by atoms with van der Waals surface area (Å²) in [7, 11) is 1.72. The van der Waals surface area contributed by atoms with Crippen molar-refractivity contribution >= 4 is 29.0 Å². The molecule has 0 aliphatic rings. The number of carbonyl (C=O) groups is 1. The van der Waals surface area contributed by atoms with Crippen molar-refractivity contribution in [3.8, 4) is 0 Å². The Labute approximate surface area is 123 Å². The van der Waals surface area contributed by atoms with Gasteiger partial charge in [0.05, 0.1) is 0 Å². The number of nitrogens with zero attached hydrogens (tertiary/aromatic N) is 1. The molecule has 0 heterocycles. The zero-order valence-electron chi connectivity index (χ0n) is 11.1. The highest BCUT2D eigenvalue weighted by molar-refractivity contribution is 6.31. The lowest BCUT2D eigenvalue weighted by Gasteiger charge is -2.18. The number of benzene rings is 2. The van der Waals surface area contributed by atoms with Crippen LogP contribution in [0.3, 0.4) is 0 Å². The molecule has 0 saturated carbocycles. The SMILES string of the molecule is CN(Cc1ccccc1Cl)C(=O)Nc1ccc(N)cc1. The van der Waals surface area contributed by atoms with Gasteiger partial charge in [-0.1, -0.05) is 29.8 Å². The van der Waals surface area contributed by atoms with Crippen LogP contribution in [0.2, 0.25) is 5.02 Å². The highest BCUT2D eigenvalue weighted by Gasteiger charge is 2.10. The first-order chi connectivity index (χ1) is 9.56. The molecular weight excluding hydrogens is 274 g/mol. The molecule has 104 valence electrons. The minimum atomic E-state index is -0.199. The average Bonchev–Trinajstić information content (AvgIpc) is 2.44. The van der Waals surface area contributed by atoms with E-state index in [0.29, 0.717) is 22.9 Å². The number of hydrogen-bond acceptors (Lipinski definition) is 2. The molecule has 2 aromatic carbocycles. The second kappa shape index (κ2) is 6.30. The number of carbonyl (C=O) groups excluding carboxylic acids is 1. The molecular formula is C15H16ClN3O. The third-order valence-electron chi connectivity index (χ3n) is 2.87. The summed E-state index contributed by atoms with van der Waals surface area (Å²) < 4.78 is 0. The summed E-state index contributed by atoms with van der Waals surface area (Å²) in [5, 5.41) is 3.45. The number of halogens is 1. The molecule has 0 spiro atoms. The van der Waals surface area contributed by atoms with E-state index in [1.807, 2.05) is 24.3 Å². The highest BCUT2D eigenvalue weighted by Crippen LogP contribution is 2.17. The van der Waals surface area contributed by atoms with Gasteiger partial charge in [0.1, 0.15) is 0 Å². The number of hydrogen-bond donors (Lipinski definition) is 2. The minimum absolute atomic E-state index is 0.199. The standard InChI is InChI=1S/C15H16ClN3O/c1-19(10-11-4-2-3-5-14(11)16)15(20)18-13-8-6-12(17)7-9-13/h2-9H,10,17H2,1H3,(H,18,20). The Morgan fingerprint density at radius 3 is 2.50 bits per heavy atom. The lowest BCUT2D eigenvalue weighted by atomic mass is 10.2. The number of amides is 2. The molecule has 0 radical (unpaired) electrons. The van der Waals surface area contributed by atoms with E-state index in [2.05, 4.69) is 5.32 Å². The maximum Gasteiger partial charge on any atom is 0.321 e. The van der Waals surface area contributed by atoms with Gasteiger partial charge in [0.25, 0.3) is 0 Å². The van der Waals surface area contributed by atoms with Gasteiger partial charge in [0.2, 0.25) is 0 Å². The first-order valence-corrected chi connectivity index (χ1v) is 6.55. The van der Waals surface area contributed by atoms with Crippen LogP contribution in [0.1, 0.15) is 5.56 Å². The van der Waals surface area contributed by atoms with Crippen molar-refractivity contribution in [2.75, 3.05) is 18.1 Å². The van der Waals surface area contributed by atoms with Crippen LogP contribution in [0.5, 0.6) is 0 Å². The van der Waals surface area contributed by atoms with Crippen LogP contribution in [0.25, 0.3) is 0 Å². The van der Waals surface area contributed by atoms with Gasteiger partial charge in [0, 0.05) is 30.0 Å². The van der Waals surface area contributed by atoms with Crippen LogP contribution in [0, 0.1) is 0 Å². The predicted molar refractivity (Wildman–Crippen MR) is 82.8 cm³/mol. The second-order valence-electron chi connectivity index (χ2n) is 4.50. The molecule has 20 heavy (non-hydrogen) atoms. The number of rotatable bonds is 3. The van der Waals surface area contributed by atoms with Crippen molar-refractivity contribution in [3.63, 3.8) is 0 Å². The van der Waals surface area contributed by atoms with Crippen molar-refractivity contribution in [1.29, 1.82) is 0 Å². The monoisotopic (exact) mass is 289 g/mol. The Morgan fingerprint density at radius 2 is 1.85 bits per heavy atom. The third kappa shape index (κ3) is 3.65. The molecule has 0 unspecified atom stereocenters. The Bertz CT molecular complexity index is 598. The van der Waals surface area contributed by atoms with E-state index < -0.39 is 0 Å². The Kier molecular flexibility index (Phi) is 4.48. The number of nitrogen functional groups attached to an aromatic ring is 1. The van der Waals surface area contributed by atoms with Crippen LogP contribution < -0.4 is 11.1 Å². The molecule has 0 aromatic heterocycles. The van der Waals surface area contributed by atoms with Gasteiger partial charge in [-0.2, -0.15) is 0 Å². The van der Waals surface area contributed by atoms with E-state index in [4.69, 9.17) is 17.3 Å².